The van der Waals surface area contributed by atoms with Crippen LogP contribution in [-0.4, -0.2) is 22.1 Å². The van der Waals surface area contributed by atoms with Gasteiger partial charge in [-0.15, -0.1) is 0 Å². The summed E-state index contributed by atoms with van der Waals surface area (Å²) >= 11 is 0. The number of carbonyl (C=O) groups excluding carboxylic acids is 1. The van der Waals surface area contributed by atoms with Gasteiger partial charge in [-0.2, -0.15) is 0 Å². The standard InChI is InChI=1S/C20H14F4N2O3/c21-12-1-2-13(14(22)8-12)19(28)11-7-17(25)20(29)26(9-11)18-15(23)5-10(3-4-27)6-16(18)24/h1-2,5-9,27H,3-4,25H2. The van der Waals surface area contributed by atoms with Crippen molar-refractivity contribution in [2.45, 2.75) is 6.42 Å². The van der Waals surface area contributed by atoms with E-state index in [0.29, 0.717) is 10.6 Å². The molecular formula is C20H14F4N2O3. The molecule has 5 nitrogen and oxygen atoms in total. The highest BCUT2D eigenvalue weighted by atomic mass is 19.1. The molecule has 0 fully saturated rings. The summed E-state index contributed by atoms with van der Waals surface area (Å²) < 4.78 is 56.5. The van der Waals surface area contributed by atoms with Gasteiger partial charge >= 0.3 is 0 Å². The van der Waals surface area contributed by atoms with E-state index in [9.17, 15) is 27.2 Å². The zero-order valence-corrected chi connectivity index (χ0v) is 14.8. The molecule has 2 aromatic carbocycles. The summed E-state index contributed by atoms with van der Waals surface area (Å²) in [5.74, 6) is -5.23. The molecule has 0 atom stereocenters. The second kappa shape index (κ2) is 7.88. The molecule has 3 aromatic rings. The van der Waals surface area contributed by atoms with Gasteiger partial charge in [0, 0.05) is 24.4 Å². The highest BCUT2D eigenvalue weighted by molar-refractivity contribution is 6.09. The first-order valence-electron chi connectivity index (χ1n) is 8.34. The largest absolute Gasteiger partial charge is 0.396 e. The zero-order valence-electron chi connectivity index (χ0n) is 14.8. The van der Waals surface area contributed by atoms with Crippen LogP contribution in [0.15, 0.2) is 47.4 Å². The number of ketones is 1. The number of nitrogens with two attached hydrogens (primary N) is 1. The molecule has 0 aliphatic carbocycles. The Hall–Kier alpha value is -3.46. The van der Waals surface area contributed by atoms with Crippen molar-refractivity contribution in [3.05, 3.63) is 92.9 Å². The SMILES string of the molecule is Nc1cc(C(=O)c2ccc(F)cc2F)cn(-c2c(F)cc(CCO)cc2F)c1=O. The van der Waals surface area contributed by atoms with Gasteiger partial charge in [-0.05, 0) is 42.3 Å². The number of hydrogen-bond donors (Lipinski definition) is 2. The normalized spacial score (nSPS) is 10.9. The smallest absolute Gasteiger partial charge is 0.278 e. The number of hydrogen-bond acceptors (Lipinski definition) is 4. The Morgan fingerprint density at radius 3 is 2.24 bits per heavy atom. The topological polar surface area (TPSA) is 85.3 Å². The van der Waals surface area contributed by atoms with E-state index in [0.717, 1.165) is 36.5 Å². The zero-order chi connectivity index (χ0) is 21.3. The van der Waals surface area contributed by atoms with Crippen molar-refractivity contribution in [3.63, 3.8) is 0 Å². The summed E-state index contributed by atoms with van der Waals surface area (Å²) in [4.78, 5) is 24.9. The Balaban J connectivity index is 2.17. The van der Waals surface area contributed by atoms with E-state index in [-0.39, 0.29) is 24.2 Å². The van der Waals surface area contributed by atoms with Crippen molar-refractivity contribution in [2.75, 3.05) is 12.3 Å². The summed E-state index contributed by atoms with van der Waals surface area (Å²) in [6.45, 7) is -0.335. The van der Waals surface area contributed by atoms with Crippen LogP contribution in [0.25, 0.3) is 5.69 Å². The second-order valence-corrected chi connectivity index (χ2v) is 6.19. The van der Waals surface area contributed by atoms with Crippen LogP contribution in [-0.2, 0) is 6.42 Å². The van der Waals surface area contributed by atoms with Crippen molar-refractivity contribution in [1.29, 1.82) is 0 Å². The molecule has 0 saturated heterocycles. The molecule has 3 rings (SSSR count). The van der Waals surface area contributed by atoms with E-state index in [1.807, 2.05) is 0 Å². The highest BCUT2D eigenvalue weighted by Gasteiger charge is 2.21. The fourth-order valence-electron chi connectivity index (χ4n) is 2.84. The van der Waals surface area contributed by atoms with Gasteiger partial charge in [0.1, 0.15) is 17.3 Å². The molecule has 1 heterocycles. The second-order valence-electron chi connectivity index (χ2n) is 6.19. The number of aliphatic hydroxyl groups excluding tert-OH is 1. The number of aliphatic hydroxyl groups is 1. The molecular weight excluding hydrogens is 392 g/mol. The fourth-order valence-corrected chi connectivity index (χ4v) is 2.84. The van der Waals surface area contributed by atoms with Crippen LogP contribution in [0, 0.1) is 23.3 Å². The number of benzene rings is 2. The number of anilines is 1. The Bertz CT molecular complexity index is 1150. The van der Waals surface area contributed by atoms with Gasteiger partial charge in [0.25, 0.3) is 5.56 Å². The Kier molecular flexibility index (Phi) is 5.51. The lowest BCUT2D eigenvalue weighted by Crippen LogP contribution is -2.25. The first kappa shape index (κ1) is 20.3. The summed E-state index contributed by atoms with van der Waals surface area (Å²) in [6.07, 6.45) is 0.824. The molecule has 0 unspecified atom stereocenters. The van der Waals surface area contributed by atoms with Crippen molar-refractivity contribution in [3.8, 4) is 5.69 Å². The summed E-state index contributed by atoms with van der Waals surface area (Å²) in [7, 11) is 0. The molecule has 3 N–H and O–H groups in total. The van der Waals surface area contributed by atoms with E-state index in [2.05, 4.69) is 0 Å². The molecule has 0 radical (unpaired) electrons. The van der Waals surface area contributed by atoms with E-state index >= 15 is 0 Å². The predicted molar refractivity (Wildman–Crippen MR) is 96.9 cm³/mol. The van der Waals surface area contributed by atoms with E-state index < -0.39 is 51.5 Å². The molecule has 0 aliphatic heterocycles. The van der Waals surface area contributed by atoms with Crippen LogP contribution < -0.4 is 11.3 Å². The lowest BCUT2D eigenvalue weighted by molar-refractivity contribution is 0.103. The molecule has 9 heteroatoms. The van der Waals surface area contributed by atoms with Gasteiger partial charge in [-0.25, -0.2) is 17.6 Å². The Labute approximate surface area is 161 Å². The molecule has 0 amide bonds. The third-order valence-corrected chi connectivity index (χ3v) is 4.20. The Morgan fingerprint density at radius 2 is 1.66 bits per heavy atom. The average Bonchev–Trinajstić information content (AvgIpc) is 2.64. The van der Waals surface area contributed by atoms with Gasteiger partial charge in [-0.3, -0.25) is 14.2 Å². The van der Waals surface area contributed by atoms with Crippen LogP contribution in [0.1, 0.15) is 21.5 Å². The number of carbonyl (C=O) groups is 1. The van der Waals surface area contributed by atoms with Crippen LogP contribution in [0.5, 0.6) is 0 Å². The van der Waals surface area contributed by atoms with Crippen molar-refractivity contribution in [1.82, 2.24) is 4.57 Å². The fraction of sp³-hybridized carbons (Fsp3) is 0.100. The summed E-state index contributed by atoms with van der Waals surface area (Å²) in [5.41, 5.74) is 2.65. The quantitative estimate of drug-likeness (QED) is 0.504. The van der Waals surface area contributed by atoms with Gasteiger partial charge in [-0.1, -0.05) is 0 Å². The minimum Gasteiger partial charge on any atom is -0.396 e. The van der Waals surface area contributed by atoms with Crippen LogP contribution >= 0.6 is 0 Å². The van der Waals surface area contributed by atoms with Gasteiger partial charge in [0.15, 0.2) is 17.4 Å². The number of rotatable bonds is 5. The summed E-state index contributed by atoms with van der Waals surface area (Å²) in [6, 6.07) is 5.10. The van der Waals surface area contributed by atoms with Gasteiger partial charge in [0.05, 0.1) is 11.3 Å². The van der Waals surface area contributed by atoms with E-state index in [4.69, 9.17) is 10.8 Å². The third kappa shape index (κ3) is 3.90. The first-order chi connectivity index (χ1) is 13.7. The number of halogens is 4. The maximum absolute atomic E-state index is 14.5. The molecule has 150 valence electrons. The minimum absolute atomic E-state index is 0.00642. The van der Waals surface area contributed by atoms with Crippen LogP contribution in [0.3, 0.4) is 0 Å². The maximum atomic E-state index is 14.5. The van der Waals surface area contributed by atoms with Crippen molar-refractivity contribution < 1.29 is 27.5 Å². The van der Waals surface area contributed by atoms with E-state index in [1.165, 1.54) is 0 Å². The monoisotopic (exact) mass is 406 g/mol. The average molecular weight is 406 g/mol. The number of nitrogen functional groups attached to an aromatic ring is 1. The van der Waals surface area contributed by atoms with Crippen molar-refractivity contribution in [2.24, 2.45) is 0 Å². The molecule has 0 spiro atoms. The molecule has 0 bridgehead atoms. The molecule has 29 heavy (non-hydrogen) atoms. The molecule has 1 aromatic heterocycles. The predicted octanol–water partition coefficient (Wildman–Crippen LogP) is 2.74. The van der Waals surface area contributed by atoms with Crippen LogP contribution in [0.4, 0.5) is 23.2 Å². The minimum atomic E-state index is -1.14. The first-order valence-corrected chi connectivity index (χ1v) is 8.34. The van der Waals surface area contributed by atoms with Crippen LogP contribution in [0.2, 0.25) is 0 Å². The molecule has 0 saturated carbocycles. The lowest BCUT2D eigenvalue weighted by Gasteiger charge is -2.13. The lowest BCUT2D eigenvalue weighted by atomic mass is 10.0. The molecule has 0 aliphatic rings. The number of nitrogens with zero attached hydrogens (tertiary/aromatic N) is 1. The Morgan fingerprint density at radius 1 is 1.00 bits per heavy atom. The van der Waals surface area contributed by atoms with Crippen molar-refractivity contribution >= 4 is 11.5 Å². The summed E-state index contributed by atoms with van der Waals surface area (Å²) in [5, 5.41) is 8.91. The van der Waals surface area contributed by atoms with Gasteiger partial charge < -0.3 is 10.8 Å². The highest BCUT2D eigenvalue weighted by Crippen LogP contribution is 2.22. The number of aromatic nitrogens is 1. The third-order valence-electron chi connectivity index (χ3n) is 4.20. The van der Waals surface area contributed by atoms with E-state index in [1.54, 1.807) is 0 Å². The maximum Gasteiger partial charge on any atom is 0.278 e. The van der Waals surface area contributed by atoms with Gasteiger partial charge in [0.2, 0.25) is 0 Å². The number of pyridine rings is 1.